The third-order valence-corrected chi connectivity index (χ3v) is 2.98. The molecule has 0 saturated heterocycles. The van der Waals surface area contributed by atoms with Gasteiger partial charge in [-0.25, -0.2) is 0 Å². The molecule has 0 fully saturated rings. The van der Waals surface area contributed by atoms with Crippen molar-refractivity contribution in [3.05, 3.63) is 29.3 Å². The highest BCUT2D eigenvalue weighted by molar-refractivity contribution is 6.30. The van der Waals surface area contributed by atoms with Crippen molar-refractivity contribution in [3.63, 3.8) is 0 Å². The summed E-state index contributed by atoms with van der Waals surface area (Å²) >= 11 is 5.80. The van der Waals surface area contributed by atoms with Crippen LogP contribution in [0, 0.1) is 0 Å². The molecule has 1 aromatic heterocycles. The number of hydrogen-bond acceptors (Lipinski definition) is 5. The van der Waals surface area contributed by atoms with Crippen molar-refractivity contribution < 1.29 is 14.7 Å². The predicted octanol–water partition coefficient (Wildman–Crippen LogP) is 0.973. The molecule has 8 nitrogen and oxygen atoms in total. The lowest BCUT2D eigenvalue weighted by Crippen LogP contribution is -2.36. The molecule has 2 aromatic rings. The summed E-state index contributed by atoms with van der Waals surface area (Å²) in [6.45, 7) is 1.48. The van der Waals surface area contributed by atoms with E-state index in [4.69, 9.17) is 16.7 Å². The van der Waals surface area contributed by atoms with Gasteiger partial charge in [0.15, 0.2) is 0 Å². The smallest absolute Gasteiger partial charge is 0.305 e. The van der Waals surface area contributed by atoms with E-state index in [1.54, 1.807) is 31.2 Å². The standard InChI is InChI=1S/C13H14ClN5O3/c1-8(6-12(21)22)15-11(20)7-19-17-13(16-18-19)9-2-4-10(14)5-3-9/h2-5,8H,6-7H2,1H3,(H,15,20)(H,21,22). The fourth-order valence-electron chi connectivity index (χ4n) is 1.79. The Balaban J connectivity index is 1.95. The first-order valence-electron chi connectivity index (χ1n) is 6.49. The number of aliphatic carboxylic acids is 1. The molecule has 1 unspecified atom stereocenters. The molecule has 1 amide bonds. The monoisotopic (exact) mass is 323 g/mol. The third-order valence-electron chi connectivity index (χ3n) is 2.73. The number of nitrogens with one attached hydrogen (secondary N) is 1. The van der Waals surface area contributed by atoms with Crippen molar-refractivity contribution in [2.45, 2.75) is 25.9 Å². The van der Waals surface area contributed by atoms with E-state index in [9.17, 15) is 9.59 Å². The van der Waals surface area contributed by atoms with Crippen LogP contribution in [0.2, 0.25) is 5.02 Å². The molecule has 116 valence electrons. The van der Waals surface area contributed by atoms with Crippen molar-refractivity contribution in [1.82, 2.24) is 25.5 Å². The first-order valence-corrected chi connectivity index (χ1v) is 6.86. The molecule has 0 bridgehead atoms. The minimum Gasteiger partial charge on any atom is -0.481 e. The van der Waals surface area contributed by atoms with Crippen LogP contribution in [0.1, 0.15) is 13.3 Å². The Morgan fingerprint density at radius 3 is 2.68 bits per heavy atom. The Morgan fingerprint density at radius 2 is 2.05 bits per heavy atom. The molecule has 0 spiro atoms. The maximum absolute atomic E-state index is 11.7. The van der Waals surface area contributed by atoms with E-state index in [1.807, 2.05) is 0 Å². The maximum Gasteiger partial charge on any atom is 0.305 e. The molecule has 0 radical (unpaired) electrons. The number of carboxylic acid groups (broad SMARTS) is 1. The second-order valence-electron chi connectivity index (χ2n) is 4.72. The normalized spacial score (nSPS) is 11.9. The van der Waals surface area contributed by atoms with Gasteiger partial charge in [0.05, 0.1) is 6.42 Å². The van der Waals surface area contributed by atoms with Gasteiger partial charge in [0.2, 0.25) is 11.7 Å². The molecular weight excluding hydrogens is 310 g/mol. The van der Waals surface area contributed by atoms with Crippen LogP contribution >= 0.6 is 11.6 Å². The van der Waals surface area contributed by atoms with Crippen molar-refractivity contribution in [2.24, 2.45) is 0 Å². The zero-order valence-corrected chi connectivity index (χ0v) is 12.5. The molecule has 0 aliphatic carbocycles. The lowest BCUT2D eigenvalue weighted by molar-refractivity contribution is -0.137. The lowest BCUT2D eigenvalue weighted by Gasteiger charge is -2.10. The fourth-order valence-corrected chi connectivity index (χ4v) is 1.91. The van der Waals surface area contributed by atoms with Crippen LogP contribution in [0.3, 0.4) is 0 Å². The van der Waals surface area contributed by atoms with Gasteiger partial charge in [0.1, 0.15) is 6.54 Å². The van der Waals surface area contributed by atoms with Crippen LogP contribution < -0.4 is 5.32 Å². The average Bonchev–Trinajstić information content (AvgIpc) is 2.86. The average molecular weight is 324 g/mol. The Morgan fingerprint density at radius 1 is 1.36 bits per heavy atom. The van der Waals surface area contributed by atoms with E-state index >= 15 is 0 Å². The Labute approximate surface area is 131 Å². The highest BCUT2D eigenvalue weighted by atomic mass is 35.5. The van der Waals surface area contributed by atoms with Gasteiger partial charge in [-0.1, -0.05) is 11.6 Å². The summed E-state index contributed by atoms with van der Waals surface area (Å²) in [6, 6.07) is 6.44. The van der Waals surface area contributed by atoms with E-state index in [0.717, 1.165) is 10.4 Å². The van der Waals surface area contributed by atoms with Crippen molar-refractivity contribution in [1.29, 1.82) is 0 Å². The molecule has 0 aliphatic heterocycles. The van der Waals surface area contributed by atoms with Gasteiger partial charge in [0, 0.05) is 16.6 Å². The largest absolute Gasteiger partial charge is 0.481 e. The minimum atomic E-state index is -0.975. The minimum absolute atomic E-state index is 0.134. The van der Waals surface area contributed by atoms with Crippen molar-refractivity contribution in [2.75, 3.05) is 0 Å². The number of halogens is 1. The third kappa shape index (κ3) is 4.52. The van der Waals surface area contributed by atoms with Gasteiger partial charge in [-0.2, -0.15) is 4.80 Å². The van der Waals surface area contributed by atoms with Gasteiger partial charge < -0.3 is 10.4 Å². The summed E-state index contributed by atoms with van der Waals surface area (Å²) in [5, 5.41) is 23.5. The SMILES string of the molecule is CC(CC(=O)O)NC(=O)Cn1nnc(-c2ccc(Cl)cc2)n1. The Kier molecular flexibility index (Phi) is 5.05. The summed E-state index contributed by atoms with van der Waals surface area (Å²) in [5.74, 6) is -0.978. The molecule has 22 heavy (non-hydrogen) atoms. The Bertz CT molecular complexity index is 671. The van der Waals surface area contributed by atoms with Gasteiger partial charge in [0.25, 0.3) is 0 Å². The zero-order valence-electron chi connectivity index (χ0n) is 11.7. The first kappa shape index (κ1) is 15.9. The number of amides is 1. The lowest BCUT2D eigenvalue weighted by atomic mass is 10.2. The molecule has 1 atom stereocenters. The van der Waals surface area contributed by atoms with Gasteiger partial charge in [-0.05, 0) is 36.4 Å². The summed E-state index contributed by atoms with van der Waals surface area (Å²) in [5.41, 5.74) is 0.732. The second kappa shape index (κ2) is 6.99. The van der Waals surface area contributed by atoms with Crippen LogP contribution in [0.5, 0.6) is 0 Å². The van der Waals surface area contributed by atoms with Crippen LogP contribution in [0.25, 0.3) is 11.4 Å². The number of nitrogens with zero attached hydrogens (tertiary/aromatic N) is 4. The molecule has 1 heterocycles. The number of tetrazole rings is 1. The number of carbonyl (C=O) groups is 2. The van der Waals surface area contributed by atoms with Crippen molar-refractivity contribution in [3.8, 4) is 11.4 Å². The molecule has 9 heteroatoms. The summed E-state index contributed by atoms with van der Waals surface area (Å²) in [7, 11) is 0. The van der Waals surface area contributed by atoms with Gasteiger partial charge in [-0.3, -0.25) is 9.59 Å². The molecule has 2 rings (SSSR count). The molecule has 2 N–H and O–H groups in total. The highest BCUT2D eigenvalue weighted by Crippen LogP contribution is 2.16. The van der Waals surface area contributed by atoms with E-state index < -0.39 is 12.0 Å². The summed E-state index contributed by atoms with van der Waals surface area (Å²) in [4.78, 5) is 23.4. The number of hydrogen-bond donors (Lipinski definition) is 2. The van der Waals surface area contributed by atoms with Gasteiger partial charge in [-0.15, -0.1) is 10.2 Å². The number of carbonyl (C=O) groups excluding carboxylic acids is 1. The van der Waals surface area contributed by atoms with E-state index in [2.05, 4.69) is 20.7 Å². The zero-order chi connectivity index (χ0) is 16.1. The van der Waals surface area contributed by atoms with E-state index in [1.165, 1.54) is 0 Å². The topological polar surface area (TPSA) is 110 Å². The number of carboxylic acids is 1. The highest BCUT2D eigenvalue weighted by Gasteiger charge is 2.13. The first-order chi connectivity index (χ1) is 10.4. The number of aromatic nitrogens is 4. The Hall–Kier alpha value is -2.48. The summed E-state index contributed by atoms with van der Waals surface area (Å²) < 4.78 is 0. The van der Waals surface area contributed by atoms with Crippen LogP contribution in [0.4, 0.5) is 0 Å². The molecular formula is C13H14ClN5O3. The van der Waals surface area contributed by atoms with Crippen LogP contribution in [-0.2, 0) is 16.1 Å². The number of rotatable bonds is 6. The van der Waals surface area contributed by atoms with E-state index in [-0.39, 0.29) is 18.9 Å². The fraction of sp³-hybridized carbons (Fsp3) is 0.308. The van der Waals surface area contributed by atoms with Gasteiger partial charge >= 0.3 is 5.97 Å². The van der Waals surface area contributed by atoms with Crippen LogP contribution in [0.15, 0.2) is 24.3 Å². The van der Waals surface area contributed by atoms with Crippen molar-refractivity contribution >= 4 is 23.5 Å². The quantitative estimate of drug-likeness (QED) is 0.819. The molecule has 1 aromatic carbocycles. The maximum atomic E-state index is 11.7. The number of benzene rings is 1. The van der Waals surface area contributed by atoms with E-state index in [0.29, 0.717) is 10.8 Å². The second-order valence-corrected chi connectivity index (χ2v) is 5.15. The van der Waals surface area contributed by atoms with Crippen LogP contribution in [-0.4, -0.2) is 43.2 Å². The summed E-state index contributed by atoms with van der Waals surface area (Å²) in [6.07, 6.45) is -0.146. The molecule has 0 aliphatic rings. The predicted molar refractivity (Wildman–Crippen MR) is 78.1 cm³/mol. The molecule has 0 saturated carbocycles.